The maximum absolute atomic E-state index is 12.6. The topological polar surface area (TPSA) is 107 Å². The van der Waals surface area contributed by atoms with E-state index in [1.54, 1.807) is 24.5 Å². The van der Waals surface area contributed by atoms with Crippen molar-refractivity contribution < 1.29 is 4.74 Å². The van der Waals surface area contributed by atoms with Gasteiger partial charge in [0, 0.05) is 18.0 Å². The number of hydrogen-bond acceptors (Lipinski definition) is 6. The second-order valence-electron chi connectivity index (χ2n) is 4.89. The highest BCUT2D eigenvalue weighted by atomic mass is 16.5. The van der Waals surface area contributed by atoms with Crippen molar-refractivity contribution >= 4 is 16.7 Å². The fraction of sp³-hybridized carbons (Fsp3) is 0.125. The van der Waals surface area contributed by atoms with Crippen LogP contribution in [0.1, 0.15) is 11.1 Å². The number of nitrogens with zero attached hydrogens (tertiary/aromatic N) is 4. The number of hydrogen-bond donors (Lipinski definition) is 1. The van der Waals surface area contributed by atoms with Gasteiger partial charge in [-0.3, -0.25) is 4.79 Å². The van der Waals surface area contributed by atoms with Gasteiger partial charge < -0.3 is 15.0 Å². The maximum atomic E-state index is 12.6. The number of aromatic nitrogens is 3. The van der Waals surface area contributed by atoms with Crippen molar-refractivity contribution in [2.75, 3.05) is 12.8 Å². The van der Waals surface area contributed by atoms with Crippen LogP contribution in [0.5, 0.6) is 5.88 Å². The zero-order chi connectivity index (χ0) is 16.4. The summed E-state index contributed by atoms with van der Waals surface area (Å²) in [5.74, 6) is 0.582. The van der Waals surface area contributed by atoms with Crippen LogP contribution < -0.4 is 16.0 Å². The number of rotatable bonds is 3. The Morgan fingerprint density at radius 2 is 2.26 bits per heavy atom. The van der Waals surface area contributed by atoms with Crippen molar-refractivity contribution in [3.8, 4) is 11.9 Å². The van der Waals surface area contributed by atoms with E-state index in [4.69, 9.17) is 15.7 Å². The summed E-state index contributed by atoms with van der Waals surface area (Å²) in [6, 6.07) is 8.75. The molecule has 0 bridgehead atoms. The molecular formula is C16H13N5O2. The lowest BCUT2D eigenvalue weighted by Crippen LogP contribution is -2.21. The number of methoxy groups -OCH3 is 1. The lowest BCUT2D eigenvalue weighted by molar-refractivity contribution is 0.398. The molecule has 7 nitrogen and oxygen atoms in total. The van der Waals surface area contributed by atoms with Gasteiger partial charge in [-0.15, -0.1) is 0 Å². The summed E-state index contributed by atoms with van der Waals surface area (Å²) in [5, 5.41) is 9.49. The molecule has 0 unspecified atom stereocenters. The third-order valence-electron chi connectivity index (χ3n) is 3.50. The first-order valence-corrected chi connectivity index (χ1v) is 6.81. The van der Waals surface area contributed by atoms with Gasteiger partial charge in [0.05, 0.1) is 24.6 Å². The Bertz CT molecular complexity index is 988. The van der Waals surface area contributed by atoms with E-state index in [9.17, 15) is 4.79 Å². The zero-order valence-corrected chi connectivity index (χ0v) is 12.4. The second-order valence-corrected chi connectivity index (χ2v) is 4.89. The molecule has 114 valence electrons. The van der Waals surface area contributed by atoms with E-state index in [0.717, 1.165) is 5.56 Å². The smallest absolute Gasteiger partial charge is 0.260 e. The quantitative estimate of drug-likeness (QED) is 0.781. The predicted molar refractivity (Wildman–Crippen MR) is 85.0 cm³/mol. The van der Waals surface area contributed by atoms with Gasteiger partial charge in [-0.1, -0.05) is 6.07 Å². The molecule has 0 amide bonds. The lowest BCUT2D eigenvalue weighted by atomic mass is 10.2. The largest absolute Gasteiger partial charge is 0.480 e. The van der Waals surface area contributed by atoms with Gasteiger partial charge in [0.25, 0.3) is 5.56 Å². The van der Waals surface area contributed by atoms with E-state index < -0.39 is 0 Å². The highest BCUT2D eigenvalue weighted by molar-refractivity contribution is 5.80. The second kappa shape index (κ2) is 5.77. The minimum absolute atomic E-state index is 0.202. The van der Waals surface area contributed by atoms with Gasteiger partial charge in [-0.2, -0.15) is 5.26 Å². The van der Waals surface area contributed by atoms with Crippen molar-refractivity contribution in [3.05, 3.63) is 58.1 Å². The number of anilines is 1. The molecule has 0 aliphatic heterocycles. The zero-order valence-electron chi connectivity index (χ0n) is 12.4. The Morgan fingerprint density at radius 3 is 2.96 bits per heavy atom. The van der Waals surface area contributed by atoms with Crippen LogP contribution in [0.3, 0.4) is 0 Å². The van der Waals surface area contributed by atoms with Crippen molar-refractivity contribution in [1.82, 2.24) is 14.5 Å². The highest BCUT2D eigenvalue weighted by Gasteiger charge is 2.11. The van der Waals surface area contributed by atoms with Crippen LogP contribution >= 0.6 is 0 Å². The number of nitriles is 1. The normalized spacial score (nSPS) is 10.4. The van der Waals surface area contributed by atoms with Crippen molar-refractivity contribution in [2.45, 2.75) is 6.54 Å². The van der Waals surface area contributed by atoms with E-state index in [1.807, 2.05) is 12.1 Å². The SMILES string of the molecule is COc1nc2ccn(Cc3cccnc3N)c(=O)c2cc1C#N. The van der Waals surface area contributed by atoms with Crippen molar-refractivity contribution in [1.29, 1.82) is 5.26 Å². The first kappa shape index (κ1) is 14.5. The lowest BCUT2D eigenvalue weighted by Gasteiger charge is -2.09. The van der Waals surface area contributed by atoms with Crippen molar-refractivity contribution in [2.24, 2.45) is 0 Å². The van der Waals surface area contributed by atoms with Crippen LogP contribution in [0.15, 0.2) is 41.5 Å². The average Bonchev–Trinajstić information content (AvgIpc) is 2.58. The summed E-state index contributed by atoms with van der Waals surface area (Å²) >= 11 is 0. The van der Waals surface area contributed by atoms with E-state index in [0.29, 0.717) is 23.3 Å². The van der Waals surface area contributed by atoms with Crippen LogP contribution in [0.2, 0.25) is 0 Å². The number of nitrogens with two attached hydrogens (primary N) is 1. The average molecular weight is 307 g/mol. The predicted octanol–water partition coefficient (Wildman–Crippen LogP) is 1.30. The molecule has 3 rings (SSSR count). The molecular weight excluding hydrogens is 294 g/mol. The minimum atomic E-state index is -0.252. The Balaban J connectivity index is 2.14. The summed E-state index contributed by atoms with van der Waals surface area (Å²) in [5.41, 5.74) is 7.00. The van der Waals surface area contributed by atoms with Crippen LogP contribution in [0.25, 0.3) is 10.9 Å². The molecule has 23 heavy (non-hydrogen) atoms. The highest BCUT2D eigenvalue weighted by Crippen LogP contribution is 2.19. The molecule has 0 aromatic carbocycles. The molecule has 0 radical (unpaired) electrons. The molecule has 3 heterocycles. The first-order valence-electron chi connectivity index (χ1n) is 6.81. The summed E-state index contributed by atoms with van der Waals surface area (Å²) in [7, 11) is 1.43. The number of nitrogen functional groups attached to an aromatic ring is 1. The molecule has 0 atom stereocenters. The van der Waals surface area contributed by atoms with E-state index >= 15 is 0 Å². The van der Waals surface area contributed by atoms with Crippen LogP contribution in [-0.2, 0) is 6.54 Å². The molecule has 0 saturated carbocycles. The standard InChI is InChI=1S/C16H13N5O2/c1-23-15-11(8-17)7-12-13(20-15)4-6-21(16(12)22)9-10-3-2-5-19-14(10)18/h2-7H,9H2,1H3,(H2,18,19). The van der Waals surface area contributed by atoms with E-state index in [1.165, 1.54) is 17.7 Å². The summed E-state index contributed by atoms with van der Waals surface area (Å²) < 4.78 is 6.56. The van der Waals surface area contributed by atoms with Crippen LogP contribution in [0, 0.1) is 11.3 Å². The van der Waals surface area contributed by atoms with Gasteiger partial charge in [-0.25, -0.2) is 9.97 Å². The molecule has 2 N–H and O–H groups in total. The Labute approximate surface area is 131 Å². The monoisotopic (exact) mass is 307 g/mol. The Morgan fingerprint density at radius 1 is 1.43 bits per heavy atom. The number of fused-ring (bicyclic) bond motifs is 1. The molecule has 0 aliphatic carbocycles. The van der Waals surface area contributed by atoms with Crippen LogP contribution in [-0.4, -0.2) is 21.6 Å². The van der Waals surface area contributed by atoms with Crippen LogP contribution in [0.4, 0.5) is 5.82 Å². The third-order valence-corrected chi connectivity index (χ3v) is 3.50. The Hall–Kier alpha value is -3.40. The van der Waals surface area contributed by atoms with Gasteiger partial charge in [0.1, 0.15) is 17.5 Å². The molecule has 0 saturated heterocycles. The molecule has 3 aromatic rings. The van der Waals surface area contributed by atoms with E-state index in [2.05, 4.69) is 9.97 Å². The molecule has 3 aromatic heterocycles. The summed E-state index contributed by atoms with van der Waals surface area (Å²) in [6.45, 7) is 0.294. The first-order chi connectivity index (χ1) is 11.1. The fourth-order valence-corrected chi connectivity index (χ4v) is 2.32. The van der Waals surface area contributed by atoms with Gasteiger partial charge in [0.15, 0.2) is 0 Å². The molecule has 0 fully saturated rings. The fourth-order valence-electron chi connectivity index (χ4n) is 2.32. The van der Waals surface area contributed by atoms with Crippen molar-refractivity contribution in [3.63, 3.8) is 0 Å². The molecule has 7 heteroatoms. The van der Waals surface area contributed by atoms with E-state index in [-0.39, 0.29) is 17.0 Å². The summed E-state index contributed by atoms with van der Waals surface area (Å²) in [4.78, 5) is 20.8. The minimum Gasteiger partial charge on any atom is -0.480 e. The van der Waals surface area contributed by atoms with Gasteiger partial charge >= 0.3 is 0 Å². The molecule has 0 aliphatic rings. The third kappa shape index (κ3) is 2.58. The Kier molecular flexibility index (Phi) is 3.65. The summed E-state index contributed by atoms with van der Waals surface area (Å²) in [6.07, 6.45) is 3.23. The molecule has 0 spiro atoms. The van der Waals surface area contributed by atoms with Gasteiger partial charge in [-0.05, 0) is 18.2 Å². The number of pyridine rings is 3. The maximum Gasteiger partial charge on any atom is 0.260 e. The van der Waals surface area contributed by atoms with Gasteiger partial charge in [0.2, 0.25) is 5.88 Å². The number of ether oxygens (including phenoxy) is 1.